The molecule has 32 heavy (non-hydrogen) atoms. The fraction of sp³-hybridized carbons (Fsp3) is 0.120. The van der Waals surface area contributed by atoms with E-state index in [4.69, 9.17) is 0 Å². The second-order valence-corrected chi connectivity index (χ2v) is 8.71. The van der Waals surface area contributed by atoms with E-state index < -0.39 is 0 Å². The van der Waals surface area contributed by atoms with Gasteiger partial charge in [-0.3, -0.25) is 9.59 Å². The van der Waals surface area contributed by atoms with Crippen LogP contribution in [0.5, 0.6) is 0 Å². The molecule has 0 aliphatic heterocycles. The van der Waals surface area contributed by atoms with E-state index in [0.29, 0.717) is 16.8 Å². The summed E-state index contributed by atoms with van der Waals surface area (Å²) in [6.07, 6.45) is 0.739. The molecule has 5 rings (SSSR count). The summed E-state index contributed by atoms with van der Waals surface area (Å²) >= 11 is 1.69. The van der Waals surface area contributed by atoms with Gasteiger partial charge in [0.1, 0.15) is 6.54 Å². The lowest BCUT2D eigenvalue weighted by Gasteiger charge is -2.10. The summed E-state index contributed by atoms with van der Waals surface area (Å²) in [5.41, 5.74) is 3.25. The Morgan fingerprint density at radius 2 is 1.69 bits per heavy atom. The van der Waals surface area contributed by atoms with Crippen molar-refractivity contribution in [3.8, 4) is 0 Å². The fourth-order valence-electron chi connectivity index (χ4n) is 3.72. The number of aromatic nitrogens is 3. The summed E-state index contributed by atoms with van der Waals surface area (Å²) in [7, 11) is 0. The van der Waals surface area contributed by atoms with Crippen LogP contribution < -0.4 is 10.9 Å². The molecule has 0 aliphatic rings. The minimum Gasteiger partial charge on any atom is -0.324 e. The lowest BCUT2D eigenvalue weighted by molar-refractivity contribution is -0.117. The number of carbonyl (C=O) groups excluding carboxylic acids is 1. The first-order chi connectivity index (χ1) is 15.6. The van der Waals surface area contributed by atoms with E-state index in [1.54, 1.807) is 17.4 Å². The van der Waals surface area contributed by atoms with E-state index in [1.165, 1.54) is 9.38 Å². The van der Waals surface area contributed by atoms with Crippen molar-refractivity contribution in [2.45, 2.75) is 19.9 Å². The van der Waals surface area contributed by atoms with Gasteiger partial charge in [-0.1, -0.05) is 42.5 Å². The number of benzene rings is 3. The zero-order valence-electron chi connectivity index (χ0n) is 17.4. The summed E-state index contributed by atoms with van der Waals surface area (Å²) in [5, 5.41) is 9.57. The molecule has 5 aromatic rings. The highest BCUT2D eigenvalue weighted by Gasteiger charge is 2.11. The summed E-state index contributed by atoms with van der Waals surface area (Å²) in [4.78, 5) is 29.9. The molecule has 3 aromatic carbocycles. The smallest absolute Gasteiger partial charge is 0.275 e. The molecule has 0 spiro atoms. The second kappa shape index (κ2) is 8.36. The number of rotatable bonds is 5. The number of thiazole rings is 1. The van der Waals surface area contributed by atoms with Gasteiger partial charge in [0.25, 0.3) is 5.56 Å². The van der Waals surface area contributed by atoms with Gasteiger partial charge in [-0.2, -0.15) is 5.10 Å². The molecule has 2 aromatic heterocycles. The summed E-state index contributed by atoms with van der Waals surface area (Å²) < 4.78 is 2.40. The quantitative estimate of drug-likeness (QED) is 0.435. The standard InChI is InChI=1S/C25H20N4O2S/c1-16-19-6-2-3-7-20(19)25(31)29(28-16)15-23(30)26-18-12-10-17(11-13-18)14-24-27-21-8-4-5-9-22(21)32-24/h2-13H,14-15H2,1H3,(H,26,30). The fourth-order valence-corrected chi connectivity index (χ4v) is 4.73. The Hall–Kier alpha value is -3.84. The number of hydrogen-bond acceptors (Lipinski definition) is 5. The molecule has 0 aliphatic carbocycles. The molecule has 1 N–H and O–H groups in total. The molecular weight excluding hydrogens is 420 g/mol. The van der Waals surface area contributed by atoms with Crippen molar-refractivity contribution in [3.05, 3.63) is 99.4 Å². The molecule has 0 radical (unpaired) electrons. The first-order valence-electron chi connectivity index (χ1n) is 10.3. The molecule has 0 fully saturated rings. The molecule has 1 amide bonds. The summed E-state index contributed by atoms with van der Waals surface area (Å²) in [6.45, 7) is 1.69. The van der Waals surface area contributed by atoms with Gasteiger partial charge in [-0.25, -0.2) is 9.67 Å². The van der Waals surface area contributed by atoms with Crippen LogP contribution in [-0.2, 0) is 17.8 Å². The minimum absolute atomic E-state index is 0.141. The average Bonchev–Trinajstić information content (AvgIpc) is 3.21. The Morgan fingerprint density at radius 1 is 0.969 bits per heavy atom. The zero-order chi connectivity index (χ0) is 22.1. The predicted molar refractivity (Wildman–Crippen MR) is 128 cm³/mol. The Balaban J connectivity index is 1.27. The molecule has 0 saturated heterocycles. The maximum Gasteiger partial charge on any atom is 0.275 e. The molecule has 0 bridgehead atoms. The number of fused-ring (bicyclic) bond motifs is 2. The van der Waals surface area contributed by atoms with Crippen molar-refractivity contribution < 1.29 is 4.79 Å². The number of carbonyl (C=O) groups is 1. The van der Waals surface area contributed by atoms with Gasteiger partial charge in [0.2, 0.25) is 5.91 Å². The van der Waals surface area contributed by atoms with Gasteiger partial charge < -0.3 is 5.32 Å². The second-order valence-electron chi connectivity index (χ2n) is 7.59. The third kappa shape index (κ3) is 4.02. The summed E-state index contributed by atoms with van der Waals surface area (Å²) in [6, 6.07) is 23.1. The van der Waals surface area contributed by atoms with Crippen LogP contribution in [-0.4, -0.2) is 20.7 Å². The highest BCUT2D eigenvalue weighted by molar-refractivity contribution is 7.18. The van der Waals surface area contributed by atoms with Crippen molar-refractivity contribution in [2.24, 2.45) is 0 Å². The predicted octanol–water partition coefficient (Wildman–Crippen LogP) is 4.54. The van der Waals surface area contributed by atoms with Gasteiger partial charge in [0, 0.05) is 17.5 Å². The van der Waals surface area contributed by atoms with Crippen LogP contribution in [0, 0.1) is 6.92 Å². The molecule has 2 heterocycles. The van der Waals surface area contributed by atoms with Gasteiger partial charge in [-0.15, -0.1) is 11.3 Å². The van der Waals surface area contributed by atoms with E-state index in [1.807, 2.05) is 67.6 Å². The van der Waals surface area contributed by atoms with Crippen LogP contribution in [0.15, 0.2) is 77.6 Å². The van der Waals surface area contributed by atoms with Crippen molar-refractivity contribution >= 4 is 43.9 Å². The van der Waals surface area contributed by atoms with Gasteiger partial charge >= 0.3 is 0 Å². The van der Waals surface area contributed by atoms with E-state index in [9.17, 15) is 9.59 Å². The first-order valence-corrected chi connectivity index (χ1v) is 11.1. The van der Waals surface area contributed by atoms with Gasteiger partial charge in [0.05, 0.1) is 26.3 Å². The number of nitrogens with zero attached hydrogens (tertiary/aromatic N) is 3. The van der Waals surface area contributed by atoms with Crippen LogP contribution in [0.2, 0.25) is 0 Å². The third-order valence-corrected chi connectivity index (χ3v) is 6.31. The SMILES string of the molecule is Cc1nn(CC(=O)Nc2ccc(Cc3nc4ccccc4s3)cc2)c(=O)c2ccccc12. The Kier molecular flexibility index (Phi) is 5.25. The van der Waals surface area contributed by atoms with Crippen molar-refractivity contribution in [3.63, 3.8) is 0 Å². The average molecular weight is 441 g/mol. The van der Waals surface area contributed by atoms with Crippen molar-refractivity contribution in [1.82, 2.24) is 14.8 Å². The molecule has 0 saturated carbocycles. The van der Waals surface area contributed by atoms with Gasteiger partial charge in [-0.05, 0) is 42.8 Å². The molecule has 7 heteroatoms. The Bertz CT molecular complexity index is 1470. The monoisotopic (exact) mass is 440 g/mol. The van der Waals surface area contributed by atoms with Crippen LogP contribution >= 0.6 is 11.3 Å². The third-order valence-electron chi connectivity index (χ3n) is 5.28. The summed E-state index contributed by atoms with van der Waals surface area (Å²) in [5.74, 6) is -0.298. The number of amides is 1. The molecular formula is C25H20N4O2S. The normalized spacial score (nSPS) is 11.2. The minimum atomic E-state index is -0.298. The van der Waals surface area contributed by atoms with E-state index in [-0.39, 0.29) is 18.0 Å². The van der Waals surface area contributed by atoms with Crippen LogP contribution in [0.1, 0.15) is 16.3 Å². The maximum absolute atomic E-state index is 12.7. The number of aryl methyl sites for hydroxylation is 1. The number of hydrogen-bond donors (Lipinski definition) is 1. The zero-order valence-corrected chi connectivity index (χ0v) is 18.2. The largest absolute Gasteiger partial charge is 0.324 e. The molecule has 0 atom stereocenters. The van der Waals surface area contributed by atoms with Crippen molar-refractivity contribution in [2.75, 3.05) is 5.32 Å². The van der Waals surface area contributed by atoms with Crippen molar-refractivity contribution in [1.29, 1.82) is 0 Å². The van der Waals surface area contributed by atoms with Crippen LogP contribution in [0.25, 0.3) is 21.0 Å². The number of para-hydroxylation sites is 1. The number of anilines is 1. The molecule has 158 valence electrons. The van der Waals surface area contributed by atoms with E-state index in [2.05, 4.69) is 21.5 Å². The van der Waals surface area contributed by atoms with Gasteiger partial charge in [0.15, 0.2) is 0 Å². The van der Waals surface area contributed by atoms with Crippen LogP contribution in [0.4, 0.5) is 5.69 Å². The molecule has 0 unspecified atom stereocenters. The Morgan fingerprint density at radius 3 is 2.47 bits per heavy atom. The number of nitrogens with one attached hydrogen (secondary N) is 1. The Labute approximate surface area is 188 Å². The lowest BCUT2D eigenvalue weighted by atomic mass is 10.1. The lowest BCUT2D eigenvalue weighted by Crippen LogP contribution is -2.30. The maximum atomic E-state index is 12.7. The highest BCUT2D eigenvalue weighted by atomic mass is 32.1. The van der Waals surface area contributed by atoms with E-state index >= 15 is 0 Å². The highest BCUT2D eigenvalue weighted by Crippen LogP contribution is 2.24. The topological polar surface area (TPSA) is 76.9 Å². The first kappa shape index (κ1) is 20.1. The van der Waals surface area contributed by atoms with Crippen LogP contribution in [0.3, 0.4) is 0 Å². The molecule has 6 nitrogen and oxygen atoms in total. The van der Waals surface area contributed by atoms with E-state index in [0.717, 1.165) is 27.9 Å².